The van der Waals surface area contributed by atoms with Crippen molar-refractivity contribution in [1.82, 2.24) is 14.6 Å². The van der Waals surface area contributed by atoms with Gasteiger partial charge in [-0.25, -0.2) is 9.88 Å². The highest BCUT2D eigenvalue weighted by Gasteiger charge is 2.56. The third kappa shape index (κ3) is 5.53. The zero-order valence-electron chi connectivity index (χ0n) is 17.8. The molecule has 0 amide bonds. The number of H-pyrrole nitrogens is 1. The molecule has 0 aliphatic carbocycles. The number of nitrogens with zero attached hydrogens (tertiary/aromatic N) is 1. The van der Waals surface area contributed by atoms with Crippen molar-refractivity contribution < 1.29 is 38.3 Å². The van der Waals surface area contributed by atoms with E-state index in [0.29, 0.717) is 0 Å². The van der Waals surface area contributed by atoms with Gasteiger partial charge < -0.3 is 33.5 Å². The van der Waals surface area contributed by atoms with Crippen molar-refractivity contribution in [2.45, 2.75) is 63.2 Å². The minimum Gasteiger partial charge on any atom is -0.468 e. The second-order valence-electron chi connectivity index (χ2n) is 7.83. The predicted octanol–water partition coefficient (Wildman–Crippen LogP) is -1.30. The van der Waals surface area contributed by atoms with Gasteiger partial charge >= 0.3 is 11.7 Å². The van der Waals surface area contributed by atoms with Gasteiger partial charge in [0, 0.05) is 12.3 Å². The van der Waals surface area contributed by atoms with Crippen molar-refractivity contribution in [2.75, 3.05) is 13.7 Å². The number of hydrogen-bond acceptors (Lipinski definition) is 10. The monoisotopic (exact) mass is 495 g/mol. The molecule has 3 unspecified atom stereocenters. The van der Waals surface area contributed by atoms with Gasteiger partial charge in [0.2, 0.25) is 0 Å². The van der Waals surface area contributed by atoms with E-state index in [9.17, 15) is 24.4 Å². The molecule has 32 heavy (non-hydrogen) atoms. The number of esters is 1. The summed E-state index contributed by atoms with van der Waals surface area (Å²) in [6, 6.07) is -0.129. The molecule has 2 aliphatic rings. The molecule has 180 valence electrons. The Balaban J connectivity index is 1.76. The maximum atomic E-state index is 12.2. The maximum absolute atomic E-state index is 12.2. The van der Waals surface area contributed by atoms with Gasteiger partial charge in [0.05, 0.1) is 19.8 Å². The van der Waals surface area contributed by atoms with E-state index in [1.165, 1.54) is 19.2 Å². The standard InChI is InChI=1S/C17H26N3O10PS/c1-8(21)11(15(23)26-4)19-31(25,32)27-7-9-12-13(30-17(2,3)29-12)14(28-9)20-6-5-10(22)18-16(20)24/h5-6,8-9,11-14,21H,7H2,1-4H3,(H,18,22,24)(H2,19,25,32)/t8?,9-,11?,12-,13-,14-,31?/m1/s1. The lowest BCUT2D eigenvalue weighted by Gasteiger charge is -2.27. The molecule has 2 aliphatic heterocycles. The molecule has 1 aromatic heterocycles. The van der Waals surface area contributed by atoms with Crippen LogP contribution in [0, 0.1) is 0 Å². The first kappa shape index (κ1) is 25.1. The van der Waals surface area contributed by atoms with E-state index in [1.54, 1.807) is 13.8 Å². The molecular weight excluding hydrogens is 469 g/mol. The second kappa shape index (κ2) is 9.41. The van der Waals surface area contributed by atoms with Gasteiger partial charge in [-0.05, 0) is 32.6 Å². The SMILES string of the molecule is COC(=O)C(NP(O)(=S)OC[C@H]1O[C@@H](n2ccc(=O)[nH]c2=O)[C@@H]2OC(C)(C)O[C@@H]21)C(C)O. The molecule has 3 heterocycles. The number of methoxy groups -OCH3 is 1. The number of rotatable bonds is 8. The zero-order chi connectivity index (χ0) is 23.8. The van der Waals surface area contributed by atoms with Gasteiger partial charge in [0.25, 0.3) is 12.2 Å². The Labute approximate surface area is 187 Å². The Bertz CT molecular complexity index is 1010. The van der Waals surface area contributed by atoms with Gasteiger partial charge in [-0.2, -0.15) is 0 Å². The van der Waals surface area contributed by atoms with Gasteiger partial charge in [-0.3, -0.25) is 19.1 Å². The normalized spacial score (nSPS) is 30.3. The van der Waals surface area contributed by atoms with Crippen LogP contribution >= 0.6 is 6.64 Å². The van der Waals surface area contributed by atoms with Crippen molar-refractivity contribution in [1.29, 1.82) is 0 Å². The number of aliphatic hydroxyl groups is 1. The minimum absolute atomic E-state index is 0.274. The summed E-state index contributed by atoms with van der Waals surface area (Å²) in [4.78, 5) is 48.1. The summed E-state index contributed by atoms with van der Waals surface area (Å²) in [6.45, 7) is 0.668. The van der Waals surface area contributed by atoms with Crippen LogP contribution in [0.25, 0.3) is 0 Å². The summed E-state index contributed by atoms with van der Waals surface area (Å²) >= 11 is 5.06. The Morgan fingerprint density at radius 3 is 2.66 bits per heavy atom. The first-order chi connectivity index (χ1) is 14.8. The number of fused-ring (bicyclic) bond motifs is 1. The van der Waals surface area contributed by atoms with Crippen LogP contribution < -0.4 is 16.3 Å². The largest absolute Gasteiger partial charge is 0.468 e. The van der Waals surface area contributed by atoms with Crippen LogP contribution in [0.2, 0.25) is 0 Å². The lowest BCUT2D eigenvalue weighted by Crippen LogP contribution is -2.44. The number of aliphatic hydroxyl groups excluding tert-OH is 1. The molecule has 4 N–H and O–H groups in total. The lowest BCUT2D eigenvalue weighted by atomic mass is 10.1. The molecule has 0 radical (unpaired) electrons. The molecule has 15 heteroatoms. The number of hydrogen-bond donors (Lipinski definition) is 4. The smallest absolute Gasteiger partial charge is 0.330 e. The van der Waals surface area contributed by atoms with Crippen LogP contribution in [-0.2, 0) is 40.1 Å². The van der Waals surface area contributed by atoms with Crippen LogP contribution in [0.3, 0.4) is 0 Å². The van der Waals surface area contributed by atoms with Crippen LogP contribution in [-0.4, -0.2) is 75.5 Å². The number of ether oxygens (including phenoxy) is 4. The van der Waals surface area contributed by atoms with Crippen LogP contribution in [0.4, 0.5) is 0 Å². The number of carbonyl (C=O) groups is 1. The molecule has 0 bridgehead atoms. The van der Waals surface area contributed by atoms with Gasteiger partial charge in [0.15, 0.2) is 12.0 Å². The van der Waals surface area contributed by atoms with Gasteiger partial charge in [-0.15, -0.1) is 0 Å². The molecule has 0 saturated carbocycles. The highest BCUT2D eigenvalue weighted by atomic mass is 32.5. The van der Waals surface area contributed by atoms with Crippen molar-refractivity contribution in [2.24, 2.45) is 0 Å². The number of nitrogens with one attached hydrogen (secondary N) is 2. The van der Waals surface area contributed by atoms with E-state index < -0.39 is 66.3 Å². The van der Waals surface area contributed by atoms with Gasteiger partial charge in [0.1, 0.15) is 24.4 Å². The molecule has 0 spiro atoms. The first-order valence-electron chi connectivity index (χ1n) is 9.67. The summed E-state index contributed by atoms with van der Waals surface area (Å²) in [6.07, 6.45) is -3.09. The van der Waals surface area contributed by atoms with Crippen molar-refractivity contribution in [3.63, 3.8) is 0 Å². The quantitative estimate of drug-likeness (QED) is 0.249. The van der Waals surface area contributed by atoms with E-state index >= 15 is 0 Å². The highest BCUT2D eigenvalue weighted by Crippen LogP contribution is 2.45. The average Bonchev–Trinajstić information content (AvgIpc) is 3.17. The predicted molar refractivity (Wildman–Crippen MR) is 112 cm³/mol. The topological polar surface area (TPSA) is 171 Å². The van der Waals surface area contributed by atoms with E-state index in [4.69, 9.17) is 30.5 Å². The Kier molecular flexibility index (Phi) is 7.39. The molecule has 3 rings (SSSR count). The number of aromatic amines is 1. The van der Waals surface area contributed by atoms with Gasteiger partial charge in [-0.1, -0.05) is 0 Å². The highest BCUT2D eigenvalue weighted by molar-refractivity contribution is 8.08. The maximum Gasteiger partial charge on any atom is 0.330 e. The zero-order valence-corrected chi connectivity index (χ0v) is 19.5. The number of carbonyl (C=O) groups excluding carboxylic acids is 1. The van der Waals surface area contributed by atoms with E-state index in [-0.39, 0.29) is 6.61 Å². The summed E-state index contributed by atoms with van der Waals surface area (Å²) in [5.74, 6) is -1.81. The fraction of sp³-hybridized carbons (Fsp3) is 0.706. The second-order valence-corrected chi connectivity index (χ2v) is 10.9. The lowest BCUT2D eigenvalue weighted by molar-refractivity contribution is -0.199. The van der Waals surface area contributed by atoms with Crippen molar-refractivity contribution in [3.8, 4) is 0 Å². The molecule has 2 saturated heterocycles. The first-order valence-corrected chi connectivity index (χ1v) is 12.3. The molecular formula is C17H26N3O10PS. The van der Waals surface area contributed by atoms with Crippen LogP contribution in [0.1, 0.15) is 27.0 Å². The summed E-state index contributed by atoms with van der Waals surface area (Å²) in [5, 5.41) is 12.2. The third-order valence-electron chi connectivity index (χ3n) is 4.90. The summed E-state index contributed by atoms with van der Waals surface area (Å²) in [5.41, 5.74) is -1.25. The average molecular weight is 495 g/mol. The molecule has 0 aromatic carbocycles. The van der Waals surface area contributed by atoms with E-state index in [0.717, 1.165) is 11.7 Å². The fourth-order valence-corrected chi connectivity index (χ4v) is 5.14. The van der Waals surface area contributed by atoms with Crippen molar-refractivity contribution in [3.05, 3.63) is 33.1 Å². The van der Waals surface area contributed by atoms with E-state index in [2.05, 4.69) is 14.8 Å². The van der Waals surface area contributed by atoms with E-state index in [1.807, 2.05) is 0 Å². The Hall–Kier alpha value is -1.48. The Morgan fingerprint density at radius 1 is 1.41 bits per heavy atom. The van der Waals surface area contributed by atoms with Crippen molar-refractivity contribution >= 4 is 24.4 Å². The summed E-state index contributed by atoms with van der Waals surface area (Å²) < 4.78 is 28.9. The Morgan fingerprint density at radius 2 is 2.06 bits per heavy atom. The summed E-state index contributed by atoms with van der Waals surface area (Å²) in [7, 11) is 1.13. The molecule has 13 nitrogen and oxygen atoms in total. The molecule has 7 atom stereocenters. The van der Waals surface area contributed by atoms with Crippen LogP contribution in [0.5, 0.6) is 0 Å². The number of aromatic nitrogens is 2. The fourth-order valence-electron chi connectivity index (χ4n) is 3.52. The molecule has 1 aromatic rings. The third-order valence-corrected chi connectivity index (χ3v) is 6.64. The molecule has 2 fully saturated rings. The minimum atomic E-state index is -3.77. The van der Waals surface area contributed by atoms with Crippen LogP contribution in [0.15, 0.2) is 21.9 Å².